The van der Waals surface area contributed by atoms with Crippen molar-refractivity contribution < 1.29 is 18.3 Å². The highest BCUT2D eigenvalue weighted by atomic mass is 32.2. The number of carboxylic acid groups (broad SMARTS) is 1. The van der Waals surface area contributed by atoms with Crippen LogP contribution in [0.2, 0.25) is 0 Å². The van der Waals surface area contributed by atoms with Crippen LogP contribution in [0.4, 0.5) is 0 Å². The molecule has 0 amide bonds. The van der Waals surface area contributed by atoms with Crippen LogP contribution in [0.25, 0.3) is 0 Å². The number of nitrogens with zero attached hydrogens (tertiary/aromatic N) is 2. The summed E-state index contributed by atoms with van der Waals surface area (Å²) in [5, 5.41) is 15.6. The van der Waals surface area contributed by atoms with Crippen molar-refractivity contribution >= 4 is 16.0 Å². The van der Waals surface area contributed by atoms with Gasteiger partial charge in [-0.05, 0) is 31.6 Å². The minimum atomic E-state index is -3.82. The lowest BCUT2D eigenvalue weighted by Gasteiger charge is -2.45. The van der Waals surface area contributed by atoms with Crippen molar-refractivity contribution in [1.29, 1.82) is 0 Å². The molecule has 8 heteroatoms. The first-order valence-corrected chi connectivity index (χ1v) is 8.71. The number of aromatic nitrogens is 2. The third-order valence-electron chi connectivity index (χ3n) is 4.65. The van der Waals surface area contributed by atoms with Gasteiger partial charge in [0.05, 0.1) is 6.20 Å². The van der Waals surface area contributed by atoms with Crippen molar-refractivity contribution in [1.82, 2.24) is 14.5 Å². The van der Waals surface area contributed by atoms with E-state index < -0.39 is 22.0 Å². The molecule has 0 aromatic carbocycles. The molecule has 1 saturated carbocycles. The van der Waals surface area contributed by atoms with Gasteiger partial charge in [-0.25, -0.2) is 8.42 Å². The molecule has 2 N–H and O–H groups in total. The van der Waals surface area contributed by atoms with Crippen LogP contribution in [-0.2, 0) is 14.8 Å². The number of piperidine rings is 1. The number of carboxylic acids is 1. The third kappa shape index (κ3) is 2.46. The fraction of sp³-hybridized carbons (Fsp3) is 0.692. The maximum absolute atomic E-state index is 12.8. The van der Waals surface area contributed by atoms with E-state index in [1.54, 1.807) is 0 Å². The van der Waals surface area contributed by atoms with Crippen LogP contribution in [0.5, 0.6) is 0 Å². The molecular weight excluding hydrogens is 294 g/mol. The van der Waals surface area contributed by atoms with Crippen molar-refractivity contribution in [3.63, 3.8) is 0 Å². The molecule has 0 radical (unpaired) electrons. The Hall–Kier alpha value is -1.41. The number of rotatable bonds is 3. The van der Waals surface area contributed by atoms with Crippen LogP contribution in [0, 0.1) is 5.92 Å². The van der Waals surface area contributed by atoms with E-state index in [9.17, 15) is 18.3 Å². The van der Waals surface area contributed by atoms with Crippen molar-refractivity contribution in [3.05, 3.63) is 12.4 Å². The maximum Gasteiger partial charge on any atom is 0.322 e. The summed E-state index contributed by atoms with van der Waals surface area (Å²) in [5.74, 6) is -0.790. The van der Waals surface area contributed by atoms with Gasteiger partial charge < -0.3 is 5.11 Å². The van der Waals surface area contributed by atoms with Crippen LogP contribution in [-0.4, -0.2) is 46.1 Å². The first kappa shape index (κ1) is 14.5. The molecule has 2 aliphatic rings. The van der Waals surface area contributed by atoms with E-state index in [1.807, 2.05) is 0 Å². The quantitative estimate of drug-likeness (QED) is 0.873. The summed E-state index contributed by atoms with van der Waals surface area (Å²) in [4.78, 5) is 11.6. The lowest BCUT2D eigenvalue weighted by Crippen LogP contribution is -2.57. The van der Waals surface area contributed by atoms with Crippen molar-refractivity contribution in [3.8, 4) is 0 Å². The van der Waals surface area contributed by atoms with E-state index in [0.29, 0.717) is 6.42 Å². The van der Waals surface area contributed by atoms with Crippen molar-refractivity contribution in [2.24, 2.45) is 5.92 Å². The molecule has 116 valence electrons. The van der Waals surface area contributed by atoms with Crippen LogP contribution in [0.3, 0.4) is 0 Å². The predicted molar refractivity (Wildman–Crippen MR) is 74.0 cm³/mol. The summed E-state index contributed by atoms with van der Waals surface area (Å²) in [6, 6.07) is -1.17. The second-order valence-corrected chi connectivity index (χ2v) is 7.66. The Morgan fingerprint density at radius 1 is 1.29 bits per heavy atom. The number of aromatic amines is 1. The minimum Gasteiger partial charge on any atom is -0.480 e. The zero-order chi connectivity index (χ0) is 15.0. The van der Waals surface area contributed by atoms with Gasteiger partial charge in [0.1, 0.15) is 10.9 Å². The SMILES string of the molecule is O=C(O)C1CCC2CCCCC2N1S(=O)(=O)c1cn[nH]c1. The first-order chi connectivity index (χ1) is 10.0. The van der Waals surface area contributed by atoms with Gasteiger partial charge in [-0.2, -0.15) is 9.40 Å². The summed E-state index contributed by atoms with van der Waals surface area (Å²) in [6.45, 7) is 0. The second kappa shape index (κ2) is 5.42. The molecule has 1 saturated heterocycles. The van der Waals surface area contributed by atoms with Crippen LogP contribution in [0.1, 0.15) is 38.5 Å². The smallest absolute Gasteiger partial charge is 0.322 e. The average Bonchev–Trinajstić information content (AvgIpc) is 3.00. The predicted octanol–water partition coefficient (Wildman–Crippen LogP) is 1.21. The van der Waals surface area contributed by atoms with Gasteiger partial charge in [0, 0.05) is 12.2 Å². The van der Waals surface area contributed by atoms with E-state index in [2.05, 4.69) is 10.2 Å². The summed E-state index contributed by atoms with van der Waals surface area (Å²) < 4.78 is 26.9. The zero-order valence-electron chi connectivity index (χ0n) is 11.6. The monoisotopic (exact) mass is 313 g/mol. The summed E-state index contributed by atoms with van der Waals surface area (Å²) in [7, 11) is -3.82. The molecule has 0 bridgehead atoms. The standard InChI is InChI=1S/C13H19N3O4S/c17-13(18)12-6-5-9-3-1-2-4-11(9)16(12)21(19,20)10-7-14-15-8-10/h7-9,11-12H,1-6H2,(H,14,15)(H,17,18). The Kier molecular flexibility index (Phi) is 3.75. The van der Waals surface area contributed by atoms with Crippen LogP contribution in [0.15, 0.2) is 17.3 Å². The average molecular weight is 313 g/mol. The number of fused-ring (bicyclic) bond motifs is 1. The fourth-order valence-electron chi connectivity index (χ4n) is 3.67. The molecule has 2 heterocycles. The highest BCUT2D eigenvalue weighted by molar-refractivity contribution is 7.89. The minimum absolute atomic E-state index is 0.0416. The molecule has 1 aromatic heterocycles. The molecule has 7 nitrogen and oxygen atoms in total. The Labute approximate surface area is 123 Å². The normalized spacial score (nSPS) is 30.8. The van der Waals surface area contributed by atoms with Gasteiger partial charge in [-0.3, -0.25) is 9.89 Å². The van der Waals surface area contributed by atoms with E-state index >= 15 is 0 Å². The molecule has 0 spiro atoms. The van der Waals surface area contributed by atoms with Gasteiger partial charge in [0.2, 0.25) is 10.0 Å². The van der Waals surface area contributed by atoms with E-state index in [-0.39, 0.29) is 16.9 Å². The molecular formula is C13H19N3O4S. The number of hydrogen-bond acceptors (Lipinski definition) is 4. The number of aliphatic carboxylic acids is 1. The number of carbonyl (C=O) groups is 1. The highest BCUT2D eigenvalue weighted by Crippen LogP contribution is 2.40. The van der Waals surface area contributed by atoms with Gasteiger partial charge in [0.25, 0.3) is 0 Å². The van der Waals surface area contributed by atoms with Gasteiger partial charge in [0.15, 0.2) is 0 Å². The number of H-pyrrole nitrogens is 1. The van der Waals surface area contributed by atoms with Gasteiger partial charge >= 0.3 is 5.97 Å². The number of hydrogen-bond donors (Lipinski definition) is 2. The first-order valence-electron chi connectivity index (χ1n) is 7.27. The fourth-order valence-corrected chi connectivity index (χ4v) is 5.47. The Balaban J connectivity index is 2.02. The molecule has 3 unspecified atom stereocenters. The third-order valence-corrected chi connectivity index (χ3v) is 6.55. The largest absolute Gasteiger partial charge is 0.480 e. The Morgan fingerprint density at radius 3 is 2.71 bits per heavy atom. The Morgan fingerprint density at radius 2 is 2.05 bits per heavy atom. The van der Waals surface area contributed by atoms with E-state index in [0.717, 1.165) is 32.1 Å². The topological polar surface area (TPSA) is 103 Å². The lowest BCUT2D eigenvalue weighted by molar-refractivity contribution is -0.144. The molecule has 1 aliphatic carbocycles. The Bertz CT molecular complexity index is 613. The lowest BCUT2D eigenvalue weighted by atomic mass is 9.78. The molecule has 1 aliphatic heterocycles. The summed E-state index contributed by atoms with van der Waals surface area (Å²) in [5.41, 5.74) is 0. The zero-order valence-corrected chi connectivity index (χ0v) is 12.4. The summed E-state index contributed by atoms with van der Waals surface area (Å²) in [6.07, 6.45) is 7.48. The van der Waals surface area contributed by atoms with Crippen LogP contribution >= 0.6 is 0 Å². The highest BCUT2D eigenvalue weighted by Gasteiger charge is 2.47. The van der Waals surface area contributed by atoms with E-state index in [1.165, 1.54) is 16.7 Å². The van der Waals surface area contributed by atoms with E-state index in [4.69, 9.17) is 0 Å². The molecule has 2 fully saturated rings. The maximum atomic E-state index is 12.8. The van der Waals surface area contributed by atoms with Gasteiger partial charge in [-0.1, -0.05) is 12.8 Å². The molecule has 1 aromatic rings. The molecule has 21 heavy (non-hydrogen) atoms. The summed E-state index contributed by atoms with van der Waals surface area (Å²) >= 11 is 0. The van der Waals surface area contributed by atoms with Crippen molar-refractivity contribution in [2.45, 2.75) is 55.5 Å². The number of sulfonamides is 1. The second-order valence-electron chi connectivity index (χ2n) is 5.81. The molecule has 3 rings (SSSR count). The number of nitrogens with one attached hydrogen (secondary N) is 1. The van der Waals surface area contributed by atoms with Gasteiger partial charge in [-0.15, -0.1) is 0 Å². The van der Waals surface area contributed by atoms with Crippen molar-refractivity contribution in [2.75, 3.05) is 0 Å². The molecule has 3 atom stereocenters. The van der Waals surface area contributed by atoms with Crippen LogP contribution < -0.4 is 0 Å².